The molecule has 4 aromatic rings. The molecule has 0 aliphatic carbocycles. The summed E-state index contributed by atoms with van der Waals surface area (Å²) in [5.41, 5.74) is 0.330. The van der Waals surface area contributed by atoms with Crippen LogP contribution in [0.25, 0.3) is 16.6 Å². The molecule has 1 fully saturated rings. The fourth-order valence-corrected chi connectivity index (χ4v) is 9.42. The van der Waals surface area contributed by atoms with E-state index >= 15 is 4.11 Å². The molecule has 1 amide bonds. The van der Waals surface area contributed by atoms with Crippen LogP contribution in [-0.4, -0.2) is 46.8 Å². The van der Waals surface area contributed by atoms with Crippen LogP contribution in [0.15, 0.2) is 71.5 Å². The Bertz CT molecular complexity index is 1760. The molecule has 0 saturated carbocycles. The van der Waals surface area contributed by atoms with Gasteiger partial charge in [-0.1, -0.05) is 31.2 Å². The molecular weight excluding hydrogens is 559 g/mol. The van der Waals surface area contributed by atoms with E-state index in [1.165, 1.54) is 21.7 Å². The molecule has 4 atom stereocenters. The van der Waals surface area contributed by atoms with Gasteiger partial charge in [0.1, 0.15) is 0 Å². The van der Waals surface area contributed by atoms with Crippen LogP contribution in [0.2, 0.25) is 18.6 Å². The van der Waals surface area contributed by atoms with Crippen molar-refractivity contribution in [2.75, 3.05) is 11.5 Å². The van der Waals surface area contributed by atoms with Crippen LogP contribution in [0.5, 0.6) is 0 Å². The number of carbonyl (C=O) groups is 1. The SMILES string of the molecule is C[C@@H]1[C@@H]([Si](C)(C)F)[C@H](CCO)O[C@@]12C(=O)N(Cc1ccc(-n3[nH]c4ccccc4c3=O)cc1)c1ccc([N+](=O)[O-])cc12. The number of anilines is 1. The van der Waals surface area contributed by atoms with Crippen molar-refractivity contribution in [3.05, 3.63) is 98.3 Å². The summed E-state index contributed by atoms with van der Waals surface area (Å²) in [5.74, 6) is -1.03. The maximum Gasteiger partial charge on any atom is 0.279 e. The van der Waals surface area contributed by atoms with Crippen molar-refractivity contribution in [2.24, 2.45) is 5.92 Å². The zero-order valence-electron chi connectivity index (χ0n) is 23.4. The number of hydrogen-bond donors (Lipinski definition) is 2. The fraction of sp³-hybridized carbons (Fsp3) is 0.333. The predicted molar refractivity (Wildman–Crippen MR) is 158 cm³/mol. The molecule has 3 aromatic carbocycles. The van der Waals surface area contributed by atoms with Gasteiger partial charge < -0.3 is 18.9 Å². The van der Waals surface area contributed by atoms with Gasteiger partial charge in [-0.15, -0.1) is 0 Å². The number of nitrogens with zero attached hydrogens (tertiary/aromatic N) is 3. The number of rotatable bonds is 7. The highest BCUT2D eigenvalue weighted by Gasteiger charge is 2.66. The van der Waals surface area contributed by atoms with E-state index in [9.17, 15) is 24.8 Å². The van der Waals surface area contributed by atoms with Crippen LogP contribution in [0.1, 0.15) is 24.5 Å². The van der Waals surface area contributed by atoms with Crippen LogP contribution in [0.4, 0.5) is 15.5 Å². The number of hydrogen-bond acceptors (Lipinski definition) is 6. The lowest BCUT2D eigenvalue weighted by Crippen LogP contribution is -2.45. The molecule has 10 nitrogen and oxygen atoms in total. The Balaban J connectivity index is 1.38. The number of benzene rings is 3. The quantitative estimate of drug-likeness (QED) is 0.136. The first-order valence-electron chi connectivity index (χ1n) is 13.8. The third-order valence-corrected chi connectivity index (χ3v) is 11.2. The Morgan fingerprint density at radius 3 is 2.48 bits per heavy atom. The number of H-pyrrole nitrogens is 1. The number of aliphatic hydroxyl groups excluding tert-OH is 1. The van der Waals surface area contributed by atoms with Gasteiger partial charge in [0.25, 0.3) is 17.2 Å². The predicted octanol–water partition coefficient (Wildman–Crippen LogP) is 4.93. The topological polar surface area (TPSA) is 131 Å². The Kier molecular flexibility index (Phi) is 6.67. The normalized spacial score (nSPS) is 23.7. The van der Waals surface area contributed by atoms with Crippen LogP contribution >= 0.6 is 0 Å². The van der Waals surface area contributed by atoms with E-state index in [0.717, 1.165) is 5.56 Å². The molecule has 3 heterocycles. The summed E-state index contributed by atoms with van der Waals surface area (Å²) in [7, 11) is -3.39. The van der Waals surface area contributed by atoms with Crippen LogP contribution in [-0.2, 0) is 21.7 Å². The third kappa shape index (κ3) is 4.20. The number of amides is 1. The Morgan fingerprint density at radius 2 is 1.83 bits per heavy atom. The Labute approximate surface area is 241 Å². The molecular formula is C30H31FN4O6Si. The number of ether oxygens (including phenoxy) is 1. The van der Waals surface area contributed by atoms with Crippen molar-refractivity contribution in [3.63, 3.8) is 0 Å². The van der Waals surface area contributed by atoms with Crippen molar-refractivity contribution in [1.29, 1.82) is 0 Å². The molecule has 218 valence electrons. The number of nitro groups is 1. The molecule has 6 rings (SSSR count). The van der Waals surface area contributed by atoms with Crippen LogP contribution in [0.3, 0.4) is 0 Å². The zero-order chi connectivity index (χ0) is 30.0. The average Bonchev–Trinajstić information content (AvgIpc) is 3.53. The number of aromatic amines is 1. The molecule has 2 N–H and O–H groups in total. The van der Waals surface area contributed by atoms with Crippen molar-refractivity contribution in [2.45, 2.75) is 50.2 Å². The van der Waals surface area contributed by atoms with Gasteiger partial charge in [-0.3, -0.25) is 24.8 Å². The molecule has 2 aliphatic heterocycles. The number of aliphatic hydroxyl groups is 1. The fourth-order valence-electron chi connectivity index (χ4n) is 6.88. The third-order valence-electron chi connectivity index (χ3n) is 8.70. The summed E-state index contributed by atoms with van der Waals surface area (Å²) in [6.45, 7) is 4.79. The lowest BCUT2D eigenvalue weighted by atomic mass is 9.82. The van der Waals surface area contributed by atoms with Gasteiger partial charge in [0.2, 0.25) is 8.41 Å². The van der Waals surface area contributed by atoms with Gasteiger partial charge >= 0.3 is 0 Å². The van der Waals surface area contributed by atoms with E-state index in [-0.39, 0.29) is 30.8 Å². The molecule has 0 bridgehead atoms. The first kappa shape index (κ1) is 28.0. The number of fused-ring (bicyclic) bond motifs is 3. The summed E-state index contributed by atoms with van der Waals surface area (Å²) in [6, 6.07) is 18.7. The Hall–Kier alpha value is -4.13. The van der Waals surface area contributed by atoms with E-state index < -0.39 is 42.4 Å². The van der Waals surface area contributed by atoms with E-state index in [0.29, 0.717) is 27.8 Å². The molecule has 1 spiro atoms. The summed E-state index contributed by atoms with van der Waals surface area (Å²) in [6.07, 6.45) is -0.551. The highest BCUT2D eigenvalue weighted by Crippen LogP contribution is 2.60. The number of aromatic nitrogens is 2. The minimum Gasteiger partial charge on any atom is -0.396 e. The maximum atomic E-state index is 15.7. The highest BCUT2D eigenvalue weighted by atomic mass is 28.4. The van der Waals surface area contributed by atoms with Gasteiger partial charge in [0.05, 0.1) is 39.8 Å². The summed E-state index contributed by atoms with van der Waals surface area (Å²) >= 11 is 0. The van der Waals surface area contributed by atoms with Gasteiger partial charge in [0.15, 0.2) is 5.60 Å². The zero-order valence-corrected chi connectivity index (χ0v) is 24.4. The minimum absolute atomic E-state index is 0.134. The molecule has 1 saturated heterocycles. The van der Waals surface area contributed by atoms with Crippen LogP contribution in [0, 0.1) is 16.0 Å². The molecule has 12 heteroatoms. The second kappa shape index (κ2) is 10.0. The smallest absolute Gasteiger partial charge is 0.279 e. The summed E-state index contributed by atoms with van der Waals surface area (Å²) in [4.78, 5) is 39.9. The van der Waals surface area contributed by atoms with E-state index in [1.807, 2.05) is 24.3 Å². The van der Waals surface area contributed by atoms with Gasteiger partial charge in [-0.05, 0) is 55.4 Å². The second-order valence-corrected chi connectivity index (χ2v) is 15.4. The number of nitro benzene ring substituents is 1. The van der Waals surface area contributed by atoms with E-state index in [1.54, 1.807) is 50.3 Å². The molecule has 1 aromatic heterocycles. The molecule has 0 radical (unpaired) electrons. The molecule has 2 aliphatic rings. The first-order valence-corrected chi connectivity index (χ1v) is 16.8. The average molecular weight is 591 g/mol. The number of carbonyl (C=O) groups excluding carboxylic acids is 1. The molecule has 42 heavy (non-hydrogen) atoms. The number of non-ortho nitro benzene ring substituents is 1. The van der Waals surface area contributed by atoms with Gasteiger partial charge in [0, 0.05) is 35.8 Å². The largest absolute Gasteiger partial charge is 0.396 e. The monoisotopic (exact) mass is 590 g/mol. The second-order valence-electron chi connectivity index (χ2n) is 11.6. The van der Waals surface area contributed by atoms with Gasteiger partial charge in [-0.2, -0.15) is 0 Å². The van der Waals surface area contributed by atoms with Crippen LogP contribution < -0.4 is 10.5 Å². The number of nitrogens with one attached hydrogen (secondary N) is 1. The maximum absolute atomic E-state index is 15.7. The standard InChI is InChI=1S/C30H31FN4O6Si/c1-18-27(42(2,3)31)26(14-15-36)41-30(18)23-16-21(35(39)40)12-13-25(23)33(29(30)38)17-19-8-10-20(11-9-19)34-28(37)22-6-4-5-7-24(22)32-34/h4-13,16,18,26-27,32,36H,14-15,17H2,1-3H3/t18-,26+,27-,30+/m1/s1. The summed E-state index contributed by atoms with van der Waals surface area (Å²) in [5, 5.41) is 25.1. The lowest BCUT2D eigenvalue weighted by molar-refractivity contribution is -0.385. The van der Waals surface area contributed by atoms with Crippen molar-refractivity contribution >= 4 is 36.6 Å². The lowest BCUT2D eigenvalue weighted by Gasteiger charge is -2.31. The van der Waals surface area contributed by atoms with Crippen molar-refractivity contribution in [3.8, 4) is 5.69 Å². The number of halogens is 1. The van der Waals surface area contributed by atoms with Crippen molar-refractivity contribution in [1.82, 2.24) is 9.78 Å². The van der Waals surface area contributed by atoms with E-state index in [4.69, 9.17) is 4.74 Å². The Morgan fingerprint density at radius 1 is 1.12 bits per heavy atom. The molecule has 0 unspecified atom stereocenters. The minimum atomic E-state index is -3.39. The highest BCUT2D eigenvalue weighted by molar-refractivity contribution is 6.72. The van der Waals surface area contributed by atoms with Gasteiger partial charge in [-0.25, -0.2) is 4.68 Å². The van der Waals surface area contributed by atoms with Crippen molar-refractivity contribution < 1.29 is 23.7 Å². The number of para-hydroxylation sites is 1. The summed E-state index contributed by atoms with van der Waals surface area (Å²) < 4.78 is 23.6. The first-order chi connectivity index (χ1) is 20.0. The van der Waals surface area contributed by atoms with E-state index in [2.05, 4.69) is 5.10 Å².